The summed E-state index contributed by atoms with van der Waals surface area (Å²) in [6.45, 7) is 2.19. The molecule has 0 aromatic carbocycles. The monoisotopic (exact) mass is 347 g/mol. The molecule has 2 N–H and O–H groups in total. The highest BCUT2D eigenvalue weighted by molar-refractivity contribution is 9.10. The number of rotatable bonds is 3. The first kappa shape index (κ1) is 14.4. The van der Waals surface area contributed by atoms with Gasteiger partial charge in [0.1, 0.15) is 10.4 Å². The lowest BCUT2D eigenvalue weighted by Crippen LogP contribution is -2.28. The van der Waals surface area contributed by atoms with E-state index in [1.54, 1.807) is 6.07 Å². The number of halogens is 1. The largest absolute Gasteiger partial charge is 0.296 e. The molecule has 0 bridgehead atoms. The molecule has 0 aliphatic carbocycles. The molecule has 1 unspecified atom stereocenters. The van der Waals surface area contributed by atoms with Gasteiger partial charge in [0, 0.05) is 18.9 Å². The second-order valence-corrected chi connectivity index (χ2v) is 7.15. The lowest BCUT2D eigenvalue weighted by molar-refractivity contribution is -0.117. The fourth-order valence-corrected chi connectivity index (χ4v) is 3.38. The van der Waals surface area contributed by atoms with E-state index in [1.165, 1.54) is 4.90 Å². The van der Waals surface area contributed by atoms with E-state index in [0.29, 0.717) is 17.0 Å². The zero-order chi connectivity index (χ0) is 14.2. The SMILES string of the molecule is Cc1ccc(Br)nc1N1CC(CS(N)(=O)=O)CC1=O. The number of hydrogen-bond donors (Lipinski definition) is 1. The Hall–Kier alpha value is -0.990. The number of aromatic nitrogens is 1. The lowest BCUT2D eigenvalue weighted by Gasteiger charge is -2.17. The van der Waals surface area contributed by atoms with Gasteiger partial charge in [0.25, 0.3) is 0 Å². The van der Waals surface area contributed by atoms with Crippen LogP contribution in [0.5, 0.6) is 0 Å². The van der Waals surface area contributed by atoms with Gasteiger partial charge in [0.2, 0.25) is 15.9 Å². The van der Waals surface area contributed by atoms with Crippen molar-refractivity contribution in [2.45, 2.75) is 13.3 Å². The minimum Gasteiger partial charge on any atom is -0.296 e. The third-order valence-electron chi connectivity index (χ3n) is 2.97. The molecule has 1 atom stereocenters. The topological polar surface area (TPSA) is 93.4 Å². The van der Waals surface area contributed by atoms with Crippen molar-refractivity contribution in [2.24, 2.45) is 11.1 Å². The number of pyridine rings is 1. The smallest absolute Gasteiger partial charge is 0.228 e. The number of nitrogens with zero attached hydrogens (tertiary/aromatic N) is 2. The molecule has 104 valence electrons. The molecule has 0 radical (unpaired) electrons. The van der Waals surface area contributed by atoms with Gasteiger partial charge < -0.3 is 0 Å². The quantitative estimate of drug-likeness (QED) is 0.818. The van der Waals surface area contributed by atoms with Crippen LogP contribution in [-0.2, 0) is 14.8 Å². The molecule has 1 aliphatic heterocycles. The number of nitrogens with two attached hydrogens (primary N) is 1. The molecule has 1 aromatic rings. The molecule has 2 heterocycles. The van der Waals surface area contributed by atoms with E-state index in [2.05, 4.69) is 20.9 Å². The number of hydrogen-bond acceptors (Lipinski definition) is 4. The van der Waals surface area contributed by atoms with Gasteiger partial charge in [-0.1, -0.05) is 6.07 Å². The summed E-state index contributed by atoms with van der Waals surface area (Å²) in [4.78, 5) is 17.8. The molecule has 1 aliphatic rings. The Labute approximate surface area is 120 Å². The maximum atomic E-state index is 12.0. The normalized spacial score (nSPS) is 20.1. The van der Waals surface area contributed by atoms with E-state index in [4.69, 9.17) is 5.14 Å². The maximum Gasteiger partial charge on any atom is 0.228 e. The fourth-order valence-electron chi connectivity index (χ4n) is 2.19. The van der Waals surface area contributed by atoms with Gasteiger partial charge in [-0.2, -0.15) is 0 Å². The van der Waals surface area contributed by atoms with Crippen molar-refractivity contribution in [1.82, 2.24) is 4.98 Å². The average Bonchev–Trinajstić information content (AvgIpc) is 2.60. The van der Waals surface area contributed by atoms with Gasteiger partial charge in [0.05, 0.1) is 5.75 Å². The summed E-state index contributed by atoms with van der Waals surface area (Å²) < 4.78 is 22.8. The maximum absolute atomic E-state index is 12.0. The van der Waals surface area contributed by atoms with Crippen LogP contribution in [0.2, 0.25) is 0 Å². The molecule has 1 amide bonds. The Kier molecular flexibility index (Phi) is 3.93. The third kappa shape index (κ3) is 3.52. The molecule has 2 rings (SSSR count). The Morgan fingerprint density at radius 1 is 1.53 bits per heavy atom. The van der Waals surface area contributed by atoms with Crippen molar-refractivity contribution in [1.29, 1.82) is 0 Å². The van der Waals surface area contributed by atoms with E-state index in [-0.39, 0.29) is 24.0 Å². The minimum atomic E-state index is -3.56. The van der Waals surface area contributed by atoms with Crippen LogP contribution in [0, 0.1) is 12.8 Å². The van der Waals surface area contributed by atoms with Crippen LogP contribution in [-0.4, -0.2) is 31.6 Å². The zero-order valence-corrected chi connectivity index (χ0v) is 12.7. The van der Waals surface area contributed by atoms with Crippen molar-refractivity contribution in [2.75, 3.05) is 17.2 Å². The average molecular weight is 348 g/mol. The summed E-state index contributed by atoms with van der Waals surface area (Å²) in [6.07, 6.45) is 0.185. The summed E-state index contributed by atoms with van der Waals surface area (Å²) in [5, 5.41) is 5.02. The van der Waals surface area contributed by atoms with E-state index in [1.807, 2.05) is 13.0 Å². The third-order valence-corrected chi connectivity index (χ3v) is 4.34. The molecule has 19 heavy (non-hydrogen) atoms. The number of amides is 1. The Balaban J connectivity index is 2.23. The lowest BCUT2D eigenvalue weighted by atomic mass is 10.1. The minimum absolute atomic E-state index is 0.123. The Morgan fingerprint density at radius 3 is 2.84 bits per heavy atom. The molecular formula is C11H14BrN3O3S. The first-order valence-electron chi connectivity index (χ1n) is 5.70. The van der Waals surface area contributed by atoms with Gasteiger partial charge in [-0.05, 0) is 34.5 Å². The molecule has 8 heteroatoms. The highest BCUT2D eigenvalue weighted by atomic mass is 79.9. The molecule has 0 saturated carbocycles. The molecule has 1 saturated heterocycles. The number of aryl methyl sites for hydroxylation is 1. The van der Waals surface area contributed by atoms with E-state index < -0.39 is 10.0 Å². The number of primary sulfonamides is 1. The van der Waals surface area contributed by atoms with E-state index in [0.717, 1.165) is 5.56 Å². The summed E-state index contributed by atoms with van der Waals surface area (Å²) in [5.74, 6) is -0.0104. The zero-order valence-electron chi connectivity index (χ0n) is 10.3. The molecular weight excluding hydrogens is 334 g/mol. The summed E-state index contributed by atoms with van der Waals surface area (Å²) in [5.41, 5.74) is 0.868. The van der Waals surface area contributed by atoms with Crippen molar-refractivity contribution in [3.05, 3.63) is 22.3 Å². The Bertz CT molecular complexity index is 618. The van der Waals surface area contributed by atoms with Gasteiger partial charge in [-0.25, -0.2) is 18.5 Å². The van der Waals surface area contributed by atoms with E-state index in [9.17, 15) is 13.2 Å². The van der Waals surface area contributed by atoms with Gasteiger partial charge >= 0.3 is 0 Å². The van der Waals surface area contributed by atoms with Crippen molar-refractivity contribution < 1.29 is 13.2 Å². The van der Waals surface area contributed by atoms with Gasteiger partial charge in [-0.15, -0.1) is 0 Å². The number of sulfonamides is 1. The van der Waals surface area contributed by atoms with Crippen LogP contribution < -0.4 is 10.0 Å². The fraction of sp³-hybridized carbons (Fsp3) is 0.455. The van der Waals surface area contributed by atoms with Gasteiger partial charge in [-0.3, -0.25) is 9.69 Å². The predicted octanol–water partition coefficient (Wildman–Crippen LogP) is 0.794. The van der Waals surface area contributed by atoms with Crippen molar-refractivity contribution in [3.8, 4) is 0 Å². The highest BCUT2D eigenvalue weighted by Gasteiger charge is 2.34. The summed E-state index contributed by atoms with van der Waals surface area (Å²) in [6, 6.07) is 3.65. The second-order valence-electron chi connectivity index (χ2n) is 4.68. The molecule has 1 aromatic heterocycles. The number of carbonyl (C=O) groups is 1. The summed E-state index contributed by atoms with van der Waals surface area (Å²) >= 11 is 3.26. The summed E-state index contributed by atoms with van der Waals surface area (Å²) in [7, 11) is -3.56. The molecule has 1 fully saturated rings. The van der Waals surface area contributed by atoms with Crippen LogP contribution in [0.15, 0.2) is 16.7 Å². The van der Waals surface area contributed by atoms with Crippen LogP contribution in [0.4, 0.5) is 5.82 Å². The first-order chi connectivity index (χ1) is 8.76. The standard InChI is InChI=1S/C11H14BrN3O3S/c1-7-2-3-9(12)14-11(7)15-5-8(4-10(15)16)6-19(13,17)18/h2-3,8H,4-6H2,1H3,(H2,13,17,18). The first-order valence-corrected chi connectivity index (χ1v) is 8.21. The van der Waals surface area contributed by atoms with Crippen LogP contribution in [0.3, 0.4) is 0 Å². The molecule has 0 spiro atoms. The predicted molar refractivity (Wildman–Crippen MR) is 75.1 cm³/mol. The van der Waals surface area contributed by atoms with E-state index >= 15 is 0 Å². The van der Waals surface area contributed by atoms with Gasteiger partial charge in [0.15, 0.2) is 0 Å². The number of carbonyl (C=O) groups excluding carboxylic acids is 1. The van der Waals surface area contributed by atoms with Crippen molar-refractivity contribution in [3.63, 3.8) is 0 Å². The van der Waals surface area contributed by atoms with Crippen LogP contribution in [0.1, 0.15) is 12.0 Å². The van der Waals surface area contributed by atoms with Crippen LogP contribution >= 0.6 is 15.9 Å². The highest BCUT2D eigenvalue weighted by Crippen LogP contribution is 2.27. The van der Waals surface area contributed by atoms with Crippen LogP contribution in [0.25, 0.3) is 0 Å². The second kappa shape index (κ2) is 5.18. The Morgan fingerprint density at radius 2 is 2.21 bits per heavy atom. The van der Waals surface area contributed by atoms with Crippen molar-refractivity contribution >= 4 is 37.7 Å². The molecule has 6 nitrogen and oxygen atoms in total. The number of anilines is 1.